The first-order chi connectivity index (χ1) is 9.74. The molecule has 114 valence electrons. The SMILES string of the molecule is CCC(Cl)C1([N+](=O)[O-])C=CC=C(/C=C(\C(C)=O)C(=O)O)C1. The molecule has 1 N–H and O–H groups in total. The summed E-state index contributed by atoms with van der Waals surface area (Å²) in [5.74, 6) is -1.97. The summed E-state index contributed by atoms with van der Waals surface area (Å²) in [6, 6.07) is 0. The van der Waals surface area contributed by atoms with Gasteiger partial charge in [0.05, 0.1) is 0 Å². The summed E-state index contributed by atoms with van der Waals surface area (Å²) in [4.78, 5) is 33.3. The maximum atomic E-state index is 11.4. The fourth-order valence-corrected chi connectivity index (χ4v) is 2.42. The van der Waals surface area contributed by atoms with Gasteiger partial charge in [-0.1, -0.05) is 19.1 Å². The van der Waals surface area contributed by atoms with Crippen molar-refractivity contribution >= 4 is 23.4 Å². The summed E-state index contributed by atoms with van der Waals surface area (Å²) in [7, 11) is 0. The molecule has 0 amide bonds. The Morgan fingerprint density at radius 2 is 2.24 bits per heavy atom. The quantitative estimate of drug-likeness (QED) is 0.203. The van der Waals surface area contributed by atoms with Gasteiger partial charge in [0.15, 0.2) is 5.78 Å². The number of carboxylic acids is 1. The number of ketones is 1. The molecule has 0 aliphatic heterocycles. The summed E-state index contributed by atoms with van der Waals surface area (Å²) in [6.45, 7) is 2.87. The van der Waals surface area contributed by atoms with Crippen LogP contribution in [0.2, 0.25) is 0 Å². The second-order valence-corrected chi connectivity index (χ2v) is 5.35. The van der Waals surface area contributed by atoms with E-state index in [-0.39, 0.29) is 6.42 Å². The molecule has 1 aliphatic carbocycles. The average molecular weight is 314 g/mol. The fraction of sp³-hybridized carbons (Fsp3) is 0.429. The lowest BCUT2D eigenvalue weighted by Gasteiger charge is -2.28. The van der Waals surface area contributed by atoms with E-state index in [1.54, 1.807) is 13.0 Å². The first kappa shape index (κ1) is 17.1. The molecule has 0 fully saturated rings. The van der Waals surface area contributed by atoms with Gasteiger partial charge in [-0.05, 0) is 31.1 Å². The maximum absolute atomic E-state index is 11.4. The lowest BCUT2D eigenvalue weighted by Crippen LogP contribution is -2.46. The Labute approximate surface area is 126 Å². The van der Waals surface area contributed by atoms with Crippen molar-refractivity contribution in [3.8, 4) is 0 Å². The van der Waals surface area contributed by atoms with Crippen molar-refractivity contribution in [2.75, 3.05) is 0 Å². The monoisotopic (exact) mass is 313 g/mol. The summed E-state index contributed by atoms with van der Waals surface area (Å²) in [5, 5.41) is 19.7. The molecule has 0 bridgehead atoms. The van der Waals surface area contributed by atoms with Crippen molar-refractivity contribution in [3.05, 3.63) is 45.6 Å². The highest BCUT2D eigenvalue weighted by atomic mass is 35.5. The number of Topliss-reactive ketones (excluding diaryl/α,β-unsaturated/α-hetero) is 1. The Bertz CT molecular complexity index is 548. The molecular formula is C14H16ClNO5. The molecule has 0 aromatic heterocycles. The molecule has 0 saturated carbocycles. The number of nitrogens with zero attached hydrogens (tertiary/aromatic N) is 1. The van der Waals surface area contributed by atoms with E-state index in [9.17, 15) is 19.7 Å². The number of carbonyl (C=O) groups excluding carboxylic acids is 1. The number of rotatable bonds is 6. The molecule has 0 saturated heterocycles. The van der Waals surface area contributed by atoms with E-state index in [1.165, 1.54) is 18.2 Å². The normalized spacial score (nSPS) is 23.4. The van der Waals surface area contributed by atoms with Gasteiger partial charge >= 0.3 is 5.97 Å². The van der Waals surface area contributed by atoms with Gasteiger partial charge in [-0.15, -0.1) is 11.6 Å². The predicted octanol–water partition coefficient (Wildman–Crippen LogP) is 2.51. The van der Waals surface area contributed by atoms with Crippen LogP contribution in [0.5, 0.6) is 0 Å². The molecule has 0 radical (unpaired) electrons. The average Bonchev–Trinajstić information content (AvgIpc) is 2.43. The molecule has 6 nitrogen and oxygen atoms in total. The van der Waals surface area contributed by atoms with Gasteiger partial charge in [0.2, 0.25) is 0 Å². The smallest absolute Gasteiger partial charge is 0.339 e. The van der Waals surface area contributed by atoms with E-state index >= 15 is 0 Å². The Morgan fingerprint density at radius 1 is 1.62 bits per heavy atom. The van der Waals surface area contributed by atoms with Crippen molar-refractivity contribution in [1.82, 2.24) is 0 Å². The summed E-state index contributed by atoms with van der Waals surface area (Å²) in [5.41, 5.74) is -1.51. The first-order valence-corrected chi connectivity index (χ1v) is 6.81. The maximum Gasteiger partial charge on any atom is 0.339 e. The van der Waals surface area contributed by atoms with Gasteiger partial charge in [-0.25, -0.2) is 4.79 Å². The molecule has 1 aliphatic rings. The Morgan fingerprint density at radius 3 is 2.67 bits per heavy atom. The number of hydrogen-bond donors (Lipinski definition) is 1. The molecule has 1 rings (SSSR count). The zero-order valence-electron chi connectivity index (χ0n) is 11.7. The summed E-state index contributed by atoms with van der Waals surface area (Å²) < 4.78 is 0. The number of alkyl halides is 1. The Balaban J connectivity index is 3.20. The predicted molar refractivity (Wildman–Crippen MR) is 77.9 cm³/mol. The van der Waals surface area contributed by atoms with E-state index in [2.05, 4.69) is 0 Å². The zero-order chi connectivity index (χ0) is 16.2. The van der Waals surface area contributed by atoms with Gasteiger partial charge in [0.25, 0.3) is 5.54 Å². The van der Waals surface area contributed by atoms with Crippen LogP contribution in [0.15, 0.2) is 35.5 Å². The number of hydrogen-bond acceptors (Lipinski definition) is 4. The standard InChI is InChI=1S/C14H16ClNO5/c1-3-12(15)14(16(20)21)6-4-5-10(8-14)7-11(9(2)17)13(18)19/h4-7,12H,3,8H2,1-2H3,(H,18,19)/b11-7+. The van der Waals surface area contributed by atoms with Crippen LogP contribution in [0.3, 0.4) is 0 Å². The summed E-state index contributed by atoms with van der Waals surface area (Å²) >= 11 is 6.10. The molecule has 21 heavy (non-hydrogen) atoms. The third kappa shape index (κ3) is 3.58. The number of aliphatic carboxylic acids is 1. The van der Waals surface area contributed by atoms with Crippen LogP contribution in [0.4, 0.5) is 0 Å². The van der Waals surface area contributed by atoms with Crippen LogP contribution in [-0.4, -0.2) is 32.7 Å². The molecule has 7 heteroatoms. The lowest BCUT2D eigenvalue weighted by molar-refractivity contribution is -0.554. The van der Waals surface area contributed by atoms with Gasteiger partial charge < -0.3 is 5.11 Å². The van der Waals surface area contributed by atoms with Crippen molar-refractivity contribution < 1.29 is 19.6 Å². The fourth-order valence-electron chi connectivity index (χ4n) is 2.19. The molecular weight excluding hydrogens is 298 g/mol. The third-order valence-corrected chi connectivity index (χ3v) is 4.05. The van der Waals surface area contributed by atoms with E-state index in [0.29, 0.717) is 12.0 Å². The highest BCUT2D eigenvalue weighted by Crippen LogP contribution is 2.35. The minimum Gasteiger partial charge on any atom is -0.478 e. The van der Waals surface area contributed by atoms with Crippen molar-refractivity contribution in [2.24, 2.45) is 0 Å². The van der Waals surface area contributed by atoms with Gasteiger partial charge in [0, 0.05) is 11.3 Å². The Hall–Kier alpha value is -1.95. The van der Waals surface area contributed by atoms with Gasteiger partial charge in [-0.2, -0.15) is 0 Å². The minimum atomic E-state index is -1.49. The number of halogens is 1. The topological polar surface area (TPSA) is 97.5 Å². The molecule has 2 atom stereocenters. The number of nitro groups is 1. The minimum absolute atomic E-state index is 0.0530. The molecule has 0 spiro atoms. The van der Waals surface area contributed by atoms with Crippen LogP contribution in [-0.2, 0) is 9.59 Å². The number of carboxylic acid groups (broad SMARTS) is 1. The number of allylic oxidation sites excluding steroid dienone is 3. The van der Waals surface area contributed by atoms with Crippen LogP contribution < -0.4 is 0 Å². The first-order valence-electron chi connectivity index (χ1n) is 6.37. The van der Waals surface area contributed by atoms with Crippen LogP contribution >= 0.6 is 11.6 Å². The van der Waals surface area contributed by atoms with Gasteiger partial charge in [-0.3, -0.25) is 14.9 Å². The van der Waals surface area contributed by atoms with Crippen molar-refractivity contribution in [1.29, 1.82) is 0 Å². The van der Waals surface area contributed by atoms with E-state index < -0.39 is 33.2 Å². The third-order valence-electron chi connectivity index (χ3n) is 3.36. The van der Waals surface area contributed by atoms with E-state index in [0.717, 1.165) is 6.92 Å². The van der Waals surface area contributed by atoms with E-state index in [1.807, 2.05) is 0 Å². The largest absolute Gasteiger partial charge is 0.478 e. The lowest BCUT2D eigenvalue weighted by atomic mass is 9.82. The van der Waals surface area contributed by atoms with Gasteiger partial charge in [0.1, 0.15) is 11.0 Å². The Kier molecular flexibility index (Phi) is 5.43. The van der Waals surface area contributed by atoms with E-state index in [4.69, 9.17) is 16.7 Å². The summed E-state index contributed by atoms with van der Waals surface area (Å²) in [6.07, 6.45) is 5.95. The highest BCUT2D eigenvalue weighted by Gasteiger charge is 2.48. The van der Waals surface area contributed by atoms with Crippen molar-refractivity contribution in [3.63, 3.8) is 0 Å². The second-order valence-electron chi connectivity index (χ2n) is 4.82. The zero-order valence-corrected chi connectivity index (χ0v) is 12.5. The van der Waals surface area contributed by atoms with Crippen LogP contribution in [0.1, 0.15) is 26.7 Å². The molecule has 2 unspecified atom stereocenters. The molecule has 0 heterocycles. The van der Waals surface area contributed by atoms with Crippen LogP contribution in [0, 0.1) is 10.1 Å². The van der Waals surface area contributed by atoms with Crippen LogP contribution in [0.25, 0.3) is 0 Å². The molecule has 0 aromatic rings. The molecule has 0 aromatic carbocycles. The number of carbonyl (C=O) groups is 2. The highest BCUT2D eigenvalue weighted by molar-refractivity contribution is 6.21. The second kappa shape index (κ2) is 6.67. The van der Waals surface area contributed by atoms with Crippen molar-refractivity contribution in [2.45, 2.75) is 37.6 Å².